The number of nitrogens with one attached hydrogen (secondary N) is 1. The van der Waals surface area contributed by atoms with Crippen molar-refractivity contribution in [3.63, 3.8) is 0 Å². The third kappa shape index (κ3) is 2.53. The molecule has 0 unspecified atom stereocenters. The van der Waals surface area contributed by atoms with Crippen LogP contribution in [0.3, 0.4) is 0 Å². The molecular weight excluding hydrogens is 345 g/mol. The van der Waals surface area contributed by atoms with Crippen LogP contribution in [0.25, 0.3) is 16.7 Å². The van der Waals surface area contributed by atoms with Gasteiger partial charge in [-0.05, 0) is 30.3 Å². The second-order valence-corrected chi connectivity index (χ2v) is 6.02. The molecule has 8 heteroatoms. The van der Waals surface area contributed by atoms with Crippen molar-refractivity contribution in [2.75, 3.05) is 5.32 Å². The van der Waals surface area contributed by atoms with Crippen LogP contribution in [0.4, 0.5) is 10.1 Å². The summed E-state index contributed by atoms with van der Waals surface area (Å²) in [6.45, 7) is 0.310. The molecule has 0 aliphatic heterocycles. The van der Waals surface area contributed by atoms with Gasteiger partial charge in [0.1, 0.15) is 5.82 Å². The van der Waals surface area contributed by atoms with Crippen LogP contribution in [0.2, 0.25) is 5.02 Å². The summed E-state index contributed by atoms with van der Waals surface area (Å²) in [5.74, 6) is 0.561. The Hall–Kier alpha value is -2.93. The van der Waals surface area contributed by atoms with E-state index in [0.717, 1.165) is 5.52 Å². The first-order chi connectivity index (χ1) is 12.1. The first-order valence-electron chi connectivity index (χ1n) is 7.57. The zero-order valence-electron chi connectivity index (χ0n) is 13.2. The Kier molecular flexibility index (Phi) is 3.65. The highest BCUT2D eigenvalue weighted by atomic mass is 35.5. The summed E-state index contributed by atoms with van der Waals surface area (Å²) in [5, 5.41) is 12.0. The molecule has 0 saturated carbocycles. The molecule has 2 heterocycles. The van der Waals surface area contributed by atoms with Crippen molar-refractivity contribution in [2.24, 2.45) is 7.05 Å². The third-order valence-corrected chi connectivity index (χ3v) is 4.37. The van der Waals surface area contributed by atoms with E-state index < -0.39 is 5.82 Å². The van der Waals surface area contributed by atoms with Crippen LogP contribution in [0.5, 0.6) is 0 Å². The number of rotatable bonds is 3. The number of anilines is 1. The van der Waals surface area contributed by atoms with Crippen LogP contribution in [-0.2, 0) is 13.6 Å². The molecule has 0 amide bonds. The summed E-state index contributed by atoms with van der Waals surface area (Å²) in [5.41, 5.74) is 1.17. The lowest BCUT2D eigenvalue weighted by Crippen LogP contribution is -2.20. The Balaban J connectivity index is 1.80. The smallest absolute Gasteiger partial charge is 0.262 e. The highest BCUT2D eigenvalue weighted by Crippen LogP contribution is 2.20. The fourth-order valence-corrected chi connectivity index (χ4v) is 2.91. The van der Waals surface area contributed by atoms with Gasteiger partial charge in [0.25, 0.3) is 5.56 Å². The number of benzene rings is 2. The van der Waals surface area contributed by atoms with Gasteiger partial charge in [0.05, 0.1) is 22.5 Å². The Morgan fingerprint density at radius 3 is 2.80 bits per heavy atom. The van der Waals surface area contributed by atoms with Gasteiger partial charge in [0.2, 0.25) is 5.78 Å². The van der Waals surface area contributed by atoms with E-state index in [1.54, 1.807) is 19.2 Å². The standard InChI is InChI=1S/C17H13ClFN5O/c1-23-16(25)11-4-2-3-5-14(11)24-15(21-22-17(23)24)9-20-10-6-7-12(18)13(19)8-10/h2-8,20H,9H2,1H3. The predicted octanol–water partition coefficient (Wildman–Crippen LogP) is 2.99. The van der Waals surface area contributed by atoms with E-state index in [4.69, 9.17) is 11.6 Å². The summed E-state index contributed by atoms with van der Waals surface area (Å²) >= 11 is 5.69. The maximum absolute atomic E-state index is 13.6. The van der Waals surface area contributed by atoms with Crippen LogP contribution < -0.4 is 10.9 Å². The summed E-state index contributed by atoms with van der Waals surface area (Å²) < 4.78 is 16.8. The molecule has 2 aromatic carbocycles. The van der Waals surface area contributed by atoms with Gasteiger partial charge >= 0.3 is 0 Å². The van der Waals surface area contributed by atoms with Crippen LogP contribution in [0, 0.1) is 5.82 Å². The molecular formula is C17H13ClFN5O. The van der Waals surface area contributed by atoms with Crippen molar-refractivity contribution in [1.29, 1.82) is 0 Å². The highest BCUT2D eigenvalue weighted by molar-refractivity contribution is 6.30. The molecule has 0 atom stereocenters. The van der Waals surface area contributed by atoms with Gasteiger partial charge in [-0.25, -0.2) is 4.39 Å². The number of hydrogen-bond acceptors (Lipinski definition) is 4. The van der Waals surface area contributed by atoms with Crippen LogP contribution in [-0.4, -0.2) is 19.2 Å². The molecule has 1 N–H and O–H groups in total. The summed E-state index contributed by atoms with van der Waals surface area (Å²) in [4.78, 5) is 12.4. The molecule has 0 saturated heterocycles. The molecule has 0 bridgehead atoms. The second kappa shape index (κ2) is 5.86. The van der Waals surface area contributed by atoms with Crippen LogP contribution >= 0.6 is 11.6 Å². The number of aromatic nitrogens is 4. The molecule has 126 valence electrons. The molecule has 0 aliphatic rings. The Morgan fingerprint density at radius 2 is 2.00 bits per heavy atom. The van der Waals surface area contributed by atoms with E-state index >= 15 is 0 Å². The number of aryl methyl sites for hydroxylation is 1. The fraction of sp³-hybridized carbons (Fsp3) is 0.118. The first-order valence-corrected chi connectivity index (χ1v) is 7.95. The lowest BCUT2D eigenvalue weighted by molar-refractivity contribution is 0.628. The maximum atomic E-state index is 13.6. The quantitative estimate of drug-likeness (QED) is 0.612. The van der Waals surface area contributed by atoms with E-state index in [1.165, 1.54) is 16.7 Å². The molecule has 6 nitrogen and oxygen atoms in total. The largest absolute Gasteiger partial charge is 0.378 e. The van der Waals surface area contributed by atoms with E-state index in [2.05, 4.69) is 15.5 Å². The monoisotopic (exact) mass is 357 g/mol. The average Bonchev–Trinajstić information content (AvgIpc) is 3.05. The number of nitrogens with zero attached hydrogens (tertiary/aromatic N) is 4. The van der Waals surface area contributed by atoms with Crippen molar-refractivity contribution >= 4 is 34.0 Å². The molecule has 25 heavy (non-hydrogen) atoms. The fourth-order valence-electron chi connectivity index (χ4n) is 2.79. The van der Waals surface area contributed by atoms with E-state index in [0.29, 0.717) is 29.2 Å². The first kappa shape index (κ1) is 15.6. The maximum Gasteiger partial charge on any atom is 0.262 e. The Bertz CT molecular complexity index is 1170. The van der Waals surface area contributed by atoms with E-state index in [1.807, 2.05) is 22.6 Å². The minimum atomic E-state index is -0.495. The van der Waals surface area contributed by atoms with Crippen LogP contribution in [0.15, 0.2) is 47.3 Å². The normalized spacial score (nSPS) is 11.3. The summed E-state index contributed by atoms with van der Waals surface area (Å²) in [7, 11) is 1.66. The lowest BCUT2D eigenvalue weighted by atomic mass is 10.2. The molecule has 0 fully saturated rings. The Morgan fingerprint density at radius 1 is 1.20 bits per heavy atom. The van der Waals surface area contributed by atoms with Crippen molar-refractivity contribution in [1.82, 2.24) is 19.2 Å². The third-order valence-electron chi connectivity index (χ3n) is 4.06. The van der Waals surface area contributed by atoms with Crippen molar-refractivity contribution in [2.45, 2.75) is 6.54 Å². The summed E-state index contributed by atoms with van der Waals surface area (Å²) in [6, 6.07) is 11.8. The van der Waals surface area contributed by atoms with Crippen LogP contribution in [0.1, 0.15) is 5.82 Å². The van der Waals surface area contributed by atoms with Gasteiger partial charge in [0.15, 0.2) is 5.82 Å². The van der Waals surface area contributed by atoms with Gasteiger partial charge in [-0.3, -0.25) is 13.8 Å². The van der Waals surface area contributed by atoms with Gasteiger partial charge in [-0.1, -0.05) is 23.7 Å². The zero-order chi connectivity index (χ0) is 17.6. The minimum Gasteiger partial charge on any atom is -0.378 e. The molecule has 0 spiro atoms. The van der Waals surface area contributed by atoms with Gasteiger partial charge in [0, 0.05) is 12.7 Å². The Labute approximate surface area is 146 Å². The van der Waals surface area contributed by atoms with E-state index in [9.17, 15) is 9.18 Å². The van der Waals surface area contributed by atoms with Gasteiger partial charge in [-0.15, -0.1) is 10.2 Å². The molecule has 0 aliphatic carbocycles. The number of para-hydroxylation sites is 1. The summed E-state index contributed by atoms with van der Waals surface area (Å²) in [6.07, 6.45) is 0. The van der Waals surface area contributed by atoms with Gasteiger partial charge < -0.3 is 5.32 Å². The molecule has 4 aromatic rings. The zero-order valence-corrected chi connectivity index (χ0v) is 14.0. The lowest BCUT2D eigenvalue weighted by Gasteiger charge is -2.09. The molecule has 4 rings (SSSR count). The SMILES string of the molecule is Cn1c(=O)c2ccccc2n2c(CNc3ccc(Cl)c(F)c3)nnc12. The number of hydrogen-bond donors (Lipinski definition) is 1. The predicted molar refractivity (Wildman–Crippen MR) is 94.5 cm³/mol. The van der Waals surface area contributed by atoms with Crippen molar-refractivity contribution < 1.29 is 4.39 Å². The number of fused-ring (bicyclic) bond motifs is 3. The van der Waals surface area contributed by atoms with E-state index in [-0.39, 0.29) is 10.6 Å². The van der Waals surface area contributed by atoms with Crippen molar-refractivity contribution in [3.05, 3.63) is 69.5 Å². The number of halogens is 2. The van der Waals surface area contributed by atoms with Gasteiger partial charge in [-0.2, -0.15) is 0 Å². The average molecular weight is 358 g/mol. The molecule has 0 radical (unpaired) electrons. The second-order valence-electron chi connectivity index (χ2n) is 5.62. The highest BCUT2D eigenvalue weighted by Gasteiger charge is 2.14. The minimum absolute atomic E-state index is 0.0690. The topological polar surface area (TPSA) is 64.2 Å². The van der Waals surface area contributed by atoms with Crippen molar-refractivity contribution in [3.8, 4) is 0 Å². The molecule has 2 aromatic heterocycles.